The molecule has 0 aliphatic rings. The van der Waals surface area contributed by atoms with Gasteiger partial charge in [0, 0.05) is 6.04 Å². The zero-order valence-corrected chi connectivity index (χ0v) is 9.87. The first-order chi connectivity index (χ1) is 7.34. The van der Waals surface area contributed by atoms with E-state index in [0.717, 1.165) is 5.56 Å². The second kappa shape index (κ2) is 4.92. The highest BCUT2D eigenvalue weighted by Gasteiger charge is 2.14. The molecular formula is C10H16N2O3S. The Labute approximate surface area is 95.1 Å². The van der Waals surface area contributed by atoms with Gasteiger partial charge >= 0.3 is 0 Å². The monoisotopic (exact) mass is 244 g/mol. The smallest absolute Gasteiger partial charge is 0.238 e. The van der Waals surface area contributed by atoms with E-state index in [1.807, 2.05) is 6.92 Å². The molecule has 90 valence electrons. The molecule has 1 aromatic rings. The van der Waals surface area contributed by atoms with Gasteiger partial charge in [-0.25, -0.2) is 13.6 Å². The van der Waals surface area contributed by atoms with Crippen LogP contribution >= 0.6 is 0 Å². The highest BCUT2D eigenvalue weighted by Crippen LogP contribution is 2.17. The summed E-state index contributed by atoms with van der Waals surface area (Å²) < 4.78 is 22.6. The summed E-state index contributed by atoms with van der Waals surface area (Å²) in [5.41, 5.74) is 6.71. The molecule has 5 N–H and O–H groups in total. The fourth-order valence-corrected chi connectivity index (χ4v) is 2.31. The normalized spacial score (nSPS) is 13.8. The van der Waals surface area contributed by atoms with Crippen LogP contribution < -0.4 is 10.9 Å². The summed E-state index contributed by atoms with van der Waals surface area (Å²) in [6.45, 7) is 1.47. The highest BCUT2D eigenvalue weighted by atomic mass is 32.2. The van der Waals surface area contributed by atoms with E-state index in [1.165, 1.54) is 6.07 Å². The first-order valence-electron chi connectivity index (χ1n) is 4.85. The van der Waals surface area contributed by atoms with Gasteiger partial charge in [-0.3, -0.25) is 0 Å². The van der Waals surface area contributed by atoms with Crippen molar-refractivity contribution in [2.45, 2.75) is 30.9 Å². The summed E-state index contributed by atoms with van der Waals surface area (Å²) in [5, 5.41) is 14.1. The van der Waals surface area contributed by atoms with E-state index in [4.69, 9.17) is 16.0 Å². The lowest BCUT2D eigenvalue weighted by Gasteiger charge is -2.10. The SMILES string of the molecule is C[C@@H](N)Cc1ccc(CO)c(S(N)(=O)=O)c1. The van der Waals surface area contributed by atoms with Crippen molar-refractivity contribution in [2.75, 3.05) is 0 Å². The molecule has 0 radical (unpaired) electrons. The van der Waals surface area contributed by atoms with Gasteiger partial charge in [0.1, 0.15) is 0 Å². The molecule has 0 unspecified atom stereocenters. The fourth-order valence-electron chi connectivity index (χ4n) is 1.49. The Morgan fingerprint density at radius 2 is 2.06 bits per heavy atom. The molecule has 16 heavy (non-hydrogen) atoms. The van der Waals surface area contributed by atoms with Gasteiger partial charge in [0.05, 0.1) is 11.5 Å². The molecule has 6 heteroatoms. The Kier molecular flexibility index (Phi) is 4.03. The van der Waals surface area contributed by atoms with E-state index >= 15 is 0 Å². The third-order valence-corrected chi connectivity index (χ3v) is 3.16. The molecule has 0 aromatic heterocycles. The van der Waals surface area contributed by atoms with Crippen molar-refractivity contribution in [1.82, 2.24) is 0 Å². The Morgan fingerprint density at radius 3 is 2.50 bits per heavy atom. The number of nitrogens with two attached hydrogens (primary N) is 2. The second-order valence-corrected chi connectivity index (χ2v) is 5.36. The molecule has 0 heterocycles. The maximum absolute atomic E-state index is 11.3. The molecule has 0 amide bonds. The molecular weight excluding hydrogens is 228 g/mol. The zero-order chi connectivity index (χ0) is 12.3. The average Bonchev–Trinajstić information content (AvgIpc) is 2.15. The lowest BCUT2D eigenvalue weighted by molar-refractivity contribution is 0.278. The van der Waals surface area contributed by atoms with E-state index in [1.54, 1.807) is 12.1 Å². The second-order valence-electron chi connectivity index (χ2n) is 3.83. The predicted octanol–water partition coefficient (Wildman–Crippen LogP) is -0.284. The fraction of sp³-hybridized carbons (Fsp3) is 0.400. The van der Waals surface area contributed by atoms with Crippen molar-refractivity contribution in [3.05, 3.63) is 29.3 Å². The van der Waals surface area contributed by atoms with Gasteiger partial charge in [0.15, 0.2) is 0 Å². The van der Waals surface area contributed by atoms with Crippen LogP contribution in [0.1, 0.15) is 18.1 Å². The molecule has 1 atom stereocenters. The quantitative estimate of drug-likeness (QED) is 0.677. The number of aliphatic hydroxyl groups is 1. The topological polar surface area (TPSA) is 106 Å². The van der Waals surface area contributed by atoms with E-state index in [2.05, 4.69) is 0 Å². The van der Waals surface area contributed by atoms with E-state index in [9.17, 15) is 8.42 Å². The predicted molar refractivity (Wildman–Crippen MR) is 61.1 cm³/mol. The molecule has 0 bridgehead atoms. The minimum Gasteiger partial charge on any atom is -0.392 e. The third kappa shape index (κ3) is 3.28. The standard InChI is InChI=1S/C10H16N2O3S/c1-7(11)4-8-2-3-9(6-13)10(5-8)16(12,14)15/h2-3,5,7,13H,4,6,11H2,1H3,(H2,12,14,15)/t7-/m1/s1. The largest absolute Gasteiger partial charge is 0.392 e. The van der Waals surface area contributed by atoms with Gasteiger partial charge in [-0.1, -0.05) is 12.1 Å². The number of aliphatic hydroxyl groups excluding tert-OH is 1. The minimum atomic E-state index is -3.80. The van der Waals surface area contributed by atoms with Crippen LogP contribution in [0.25, 0.3) is 0 Å². The lowest BCUT2D eigenvalue weighted by atomic mass is 10.1. The number of primary sulfonamides is 1. The summed E-state index contributed by atoms with van der Waals surface area (Å²) in [6, 6.07) is 4.69. The molecule has 0 saturated carbocycles. The van der Waals surface area contributed by atoms with Crippen LogP contribution in [0.15, 0.2) is 23.1 Å². The van der Waals surface area contributed by atoms with E-state index in [-0.39, 0.29) is 17.5 Å². The van der Waals surface area contributed by atoms with Crippen LogP contribution in [0.3, 0.4) is 0 Å². The molecule has 0 saturated heterocycles. The maximum Gasteiger partial charge on any atom is 0.238 e. The number of sulfonamides is 1. The molecule has 5 nitrogen and oxygen atoms in total. The maximum atomic E-state index is 11.3. The minimum absolute atomic E-state index is 0.0341. The Morgan fingerprint density at radius 1 is 1.44 bits per heavy atom. The lowest BCUT2D eigenvalue weighted by Crippen LogP contribution is -2.19. The van der Waals surface area contributed by atoms with Gasteiger partial charge in [-0.15, -0.1) is 0 Å². The summed E-state index contributed by atoms with van der Waals surface area (Å²) >= 11 is 0. The Balaban J connectivity index is 3.22. The Hall–Kier alpha value is -0.950. The highest BCUT2D eigenvalue weighted by molar-refractivity contribution is 7.89. The van der Waals surface area contributed by atoms with Crippen molar-refractivity contribution in [3.63, 3.8) is 0 Å². The third-order valence-electron chi connectivity index (χ3n) is 2.17. The van der Waals surface area contributed by atoms with Gasteiger partial charge < -0.3 is 10.8 Å². The first kappa shape index (κ1) is 13.1. The van der Waals surface area contributed by atoms with Gasteiger partial charge in [0.25, 0.3) is 0 Å². The number of rotatable bonds is 4. The van der Waals surface area contributed by atoms with Crippen LogP contribution in [0.5, 0.6) is 0 Å². The van der Waals surface area contributed by atoms with Crippen LogP contribution in [-0.4, -0.2) is 19.6 Å². The molecule has 1 aromatic carbocycles. The van der Waals surface area contributed by atoms with Crippen molar-refractivity contribution in [3.8, 4) is 0 Å². The van der Waals surface area contributed by atoms with Crippen molar-refractivity contribution in [1.29, 1.82) is 0 Å². The Bertz CT molecular complexity index is 469. The summed E-state index contributed by atoms with van der Waals surface area (Å²) in [4.78, 5) is -0.0341. The molecule has 0 fully saturated rings. The van der Waals surface area contributed by atoms with Gasteiger partial charge in [-0.05, 0) is 30.5 Å². The molecule has 0 spiro atoms. The molecule has 0 aliphatic carbocycles. The summed E-state index contributed by atoms with van der Waals surface area (Å²) in [7, 11) is -3.80. The van der Waals surface area contributed by atoms with Crippen molar-refractivity contribution >= 4 is 10.0 Å². The van der Waals surface area contributed by atoms with Crippen molar-refractivity contribution < 1.29 is 13.5 Å². The molecule has 0 aliphatic heterocycles. The number of hydrogen-bond donors (Lipinski definition) is 3. The average molecular weight is 244 g/mol. The van der Waals surface area contributed by atoms with Gasteiger partial charge in [-0.2, -0.15) is 0 Å². The van der Waals surface area contributed by atoms with Crippen molar-refractivity contribution in [2.24, 2.45) is 10.9 Å². The number of hydrogen-bond acceptors (Lipinski definition) is 4. The summed E-state index contributed by atoms with van der Waals surface area (Å²) in [6.07, 6.45) is 0.564. The van der Waals surface area contributed by atoms with Crippen LogP contribution in [0.4, 0.5) is 0 Å². The van der Waals surface area contributed by atoms with Crippen LogP contribution in [0.2, 0.25) is 0 Å². The zero-order valence-electron chi connectivity index (χ0n) is 9.05. The molecule has 1 rings (SSSR count). The van der Waals surface area contributed by atoms with E-state index in [0.29, 0.717) is 12.0 Å². The summed E-state index contributed by atoms with van der Waals surface area (Å²) in [5.74, 6) is 0. The number of benzene rings is 1. The van der Waals surface area contributed by atoms with Crippen LogP contribution in [0, 0.1) is 0 Å². The first-order valence-corrected chi connectivity index (χ1v) is 6.40. The van der Waals surface area contributed by atoms with Crippen LogP contribution in [-0.2, 0) is 23.1 Å². The van der Waals surface area contributed by atoms with E-state index < -0.39 is 10.0 Å². The van der Waals surface area contributed by atoms with Gasteiger partial charge in [0.2, 0.25) is 10.0 Å².